The highest BCUT2D eigenvalue weighted by molar-refractivity contribution is 5.95. The maximum absolute atomic E-state index is 13.6. The smallest absolute Gasteiger partial charge is 0.226 e. The topological polar surface area (TPSA) is 58.6 Å². The van der Waals surface area contributed by atoms with E-state index >= 15 is 0 Å². The van der Waals surface area contributed by atoms with Gasteiger partial charge >= 0.3 is 0 Å². The van der Waals surface area contributed by atoms with Crippen LogP contribution < -0.4 is 15.0 Å². The SMILES string of the molecule is COc1ccccc1N(CCC(=O)Nc1ccc(F)c(F)c1F)C(C)=O. The lowest BCUT2D eigenvalue weighted by Crippen LogP contribution is -2.32. The fraction of sp³-hybridized carbons (Fsp3) is 0.222. The number of benzene rings is 2. The molecule has 0 fully saturated rings. The molecule has 2 amide bonds. The molecule has 0 aromatic heterocycles. The Hall–Kier alpha value is -3.03. The van der Waals surface area contributed by atoms with Crippen molar-refractivity contribution >= 4 is 23.2 Å². The Morgan fingerprint density at radius 2 is 1.77 bits per heavy atom. The summed E-state index contributed by atoms with van der Waals surface area (Å²) in [6.07, 6.45) is -0.184. The molecule has 5 nitrogen and oxygen atoms in total. The molecule has 0 bridgehead atoms. The molecule has 0 atom stereocenters. The number of halogens is 3. The highest BCUT2D eigenvalue weighted by atomic mass is 19.2. The first-order valence-corrected chi connectivity index (χ1v) is 7.69. The summed E-state index contributed by atoms with van der Waals surface area (Å²) in [5, 5.41) is 2.16. The average molecular weight is 366 g/mol. The zero-order chi connectivity index (χ0) is 19.3. The summed E-state index contributed by atoms with van der Waals surface area (Å²) in [4.78, 5) is 25.3. The third kappa shape index (κ3) is 4.33. The number of nitrogens with zero attached hydrogens (tertiary/aromatic N) is 1. The molecule has 138 valence electrons. The molecule has 0 unspecified atom stereocenters. The summed E-state index contributed by atoms with van der Waals surface area (Å²) >= 11 is 0. The van der Waals surface area contributed by atoms with Gasteiger partial charge in [0.15, 0.2) is 17.5 Å². The molecule has 2 aromatic rings. The largest absolute Gasteiger partial charge is 0.495 e. The summed E-state index contributed by atoms with van der Waals surface area (Å²) in [6.45, 7) is 1.33. The molecule has 0 aliphatic carbocycles. The summed E-state index contributed by atoms with van der Waals surface area (Å²) in [5.41, 5.74) is 0.00914. The summed E-state index contributed by atoms with van der Waals surface area (Å²) in [7, 11) is 1.45. The van der Waals surface area contributed by atoms with Gasteiger partial charge in [0.05, 0.1) is 18.5 Å². The second-order valence-electron chi connectivity index (χ2n) is 5.36. The van der Waals surface area contributed by atoms with E-state index < -0.39 is 29.0 Å². The van der Waals surface area contributed by atoms with Crippen molar-refractivity contribution < 1.29 is 27.5 Å². The highest BCUT2D eigenvalue weighted by Gasteiger charge is 2.19. The molecule has 8 heteroatoms. The molecule has 0 saturated carbocycles. The normalized spacial score (nSPS) is 10.3. The molecule has 0 radical (unpaired) electrons. The van der Waals surface area contributed by atoms with Crippen molar-refractivity contribution in [1.29, 1.82) is 0 Å². The molecule has 1 N–H and O–H groups in total. The third-order valence-corrected chi connectivity index (χ3v) is 3.63. The van der Waals surface area contributed by atoms with Crippen LogP contribution in [0.1, 0.15) is 13.3 Å². The van der Waals surface area contributed by atoms with E-state index in [1.165, 1.54) is 18.9 Å². The van der Waals surface area contributed by atoms with E-state index in [1.54, 1.807) is 24.3 Å². The molecule has 0 spiro atoms. The quantitative estimate of drug-likeness (QED) is 0.796. The predicted molar refractivity (Wildman–Crippen MR) is 90.6 cm³/mol. The molecule has 2 aromatic carbocycles. The first-order chi connectivity index (χ1) is 12.3. The number of methoxy groups -OCH3 is 1. The number of carbonyl (C=O) groups excluding carboxylic acids is 2. The Bertz CT molecular complexity index is 827. The minimum Gasteiger partial charge on any atom is -0.495 e. The van der Waals surface area contributed by atoms with Crippen LogP contribution in [0.15, 0.2) is 36.4 Å². The maximum Gasteiger partial charge on any atom is 0.226 e. The summed E-state index contributed by atoms with van der Waals surface area (Å²) in [6, 6.07) is 8.41. The van der Waals surface area contributed by atoms with Crippen molar-refractivity contribution in [1.82, 2.24) is 0 Å². The van der Waals surface area contributed by atoms with E-state index in [4.69, 9.17) is 4.74 Å². The van der Waals surface area contributed by atoms with Gasteiger partial charge in [-0.25, -0.2) is 13.2 Å². The second kappa shape index (κ2) is 8.37. The van der Waals surface area contributed by atoms with Crippen molar-refractivity contribution in [3.63, 3.8) is 0 Å². The highest BCUT2D eigenvalue weighted by Crippen LogP contribution is 2.28. The lowest BCUT2D eigenvalue weighted by atomic mass is 10.2. The number of amides is 2. The first-order valence-electron chi connectivity index (χ1n) is 7.69. The number of rotatable bonds is 6. The van der Waals surface area contributed by atoms with Crippen molar-refractivity contribution in [3.05, 3.63) is 53.8 Å². The van der Waals surface area contributed by atoms with E-state index in [9.17, 15) is 22.8 Å². The molecule has 0 aliphatic heterocycles. The third-order valence-electron chi connectivity index (χ3n) is 3.63. The molecular formula is C18H17F3N2O3. The van der Waals surface area contributed by atoms with Crippen molar-refractivity contribution in [2.24, 2.45) is 0 Å². The van der Waals surface area contributed by atoms with Gasteiger partial charge in [0, 0.05) is 19.9 Å². The zero-order valence-electron chi connectivity index (χ0n) is 14.2. The lowest BCUT2D eigenvalue weighted by molar-refractivity contribution is -0.117. The Balaban J connectivity index is 2.09. The Labute approximate surface area is 148 Å². The number of anilines is 2. The number of hydrogen-bond acceptors (Lipinski definition) is 3. The van der Waals surface area contributed by atoms with Crippen LogP contribution in [0.3, 0.4) is 0 Å². The van der Waals surface area contributed by atoms with Crippen LogP contribution in [0.5, 0.6) is 5.75 Å². The zero-order valence-corrected chi connectivity index (χ0v) is 14.2. The van der Waals surface area contributed by atoms with Gasteiger partial charge < -0.3 is 15.0 Å². The van der Waals surface area contributed by atoms with E-state index in [-0.39, 0.29) is 18.9 Å². The van der Waals surface area contributed by atoms with E-state index in [2.05, 4.69) is 5.32 Å². The van der Waals surface area contributed by atoms with E-state index in [0.29, 0.717) is 17.5 Å². The average Bonchev–Trinajstić information content (AvgIpc) is 2.62. The maximum atomic E-state index is 13.6. The summed E-state index contributed by atoms with van der Waals surface area (Å²) < 4.78 is 44.9. The molecule has 0 heterocycles. The van der Waals surface area contributed by atoms with Gasteiger partial charge in [0.25, 0.3) is 0 Å². The number of nitrogens with one attached hydrogen (secondary N) is 1. The van der Waals surface area contributed by atoms with Crippen LogP contribution in [0.25, 0.3) is 0 Å². The van der Waals surface area contributed by atoms with Crippen molar-refractivity contribution in [3.8, 4) is 5.75 Å². The Morgan fingerprint density at radius 3 is 2.42 bits per heavy atom. The van der Waals surface area contributed by atoms with Crippen LogP contribution in [0.2, 0.25) is 0 Å². The van der Waals surface area contributed by atoms with Gasteiger partial charge in [-0.3, -0.25) is 9.59 Å². The Morgan fingerprint density at radius 1 is 1.08 bits per heavy atom. The fourth-order valence-corrected chi connectivity index (χ4v) is 2.35. The van der Waals surface area contributed by atoms with Gasteiger partial charge in [-0.15, -0.1) is 0 Å². The monoisotopic (exact) mass is 366 g/mol. The van der Waals surface area contributed by atoms with Crippen LogP contribution in [-0.4, -0.2) is 25.5 Å². The standard InChI is InChI=1S/C18H17F3N2O3/c1-11(24)23(14-5-3-4-6-15(14)26-2)10-9-16(25)22-13-8-7-12(19)17(20)18(13)21/h3-8H,9-10H2,1-2H3,(H,22,25). The number of hydrogen-bond donors (Lipinski definition) is 1. The van der Waals surface area contributed by atoms with Gasteiger partial charge in [0.1, 0.15) is 5.75 Å². The molecule has 0 aliphatic rings. The molecule has 0 saturated heterocycles. The van der Waals surface area contributed by atoms with Crippen LogP contribution in [0, 0.1) is 17.5 Å². The van der Waals surface area contributed by atoms with Gasteiger partial charge in [-0.05, 0) is 24.3 Å². The van der Waals surface area contributed by atoms with E-state index in [1.807, 2.05) is 0 Å². The van der Waals surface area contributed by atoms with Crippen LogP contribution in [-0.2, 0) is 9.59 Å². The van der Waals surface area contributed by atoms with Gasteiger partial charge in [0.2, 0.25) is 11.8 Å². The first kappa shape index (κ1) is 19.3. The predicted octanol–water partition coefficient (Wildman–Crippen LogP) is 3.49. The van der Waals surface area contributed by atoms with Crippen LogP contribution in [0.4, 0.5) is 24.5 Å². The second-order valence-corrected chi connectivity index (χ2v) is 5.36. The molecular weight excluding hydrogens is 349 g/mol. The number of carbonyl (C=O) groups is 2. The lowest BCUT2D eigenvalue weighted by Gasteiger charge is -2.23. The molecule has 26 heavy (non-hydrogen) atoms. The van der Waals surface area contributed by atoms with E-state index in [0.717, 1.165) is 6.07 Å². The number of para-hydroxylation sites is 2. The van der Waals surface area contributed by atoms with Gasteiger partial charge in [-0.2, -0.15) is 0 Å². The fourth-order valence-electron chi connectivity index (χ4n) is 2.35. The van der Waals surface area contributed by atoms with Crippen molar-refractivity contribution in [2.75, 3.05) is 23.9 Å². The minimum absolute atomic E-state index is 0.00711. The van der Waals surface area contributed by atoms with Crippen LogP contribution >= 0.6 is 0 Å². The number of ether oxygens (including phenoxy) is 1. The van der Waals surface area contributed by atoms with Gasteiger partial charge in [-0.1, -0.05) is 12.1 Å². The Kier molecular flexibility index (Phi) is 6.21. The van der Waals surface area contributed by atoms with Crippen molar-refractivity contribution in [2.45, 2.75) is 13.3 Å². The minimum atomic E-state index is -1.66. The molecule has 2 rings (SSSR count). The summed E-state index contributed by atoms with van der Waals surface area (Å²) in [5.74, 6) is -5.01.